The molecule has 0 saturated carbocycles. The molecule has 8 heterocycles. The summed E-state index contributed by atoms with van der Waals surface area (Å²) in [7, 11) is 0. The normalized spacial score (nSPS) is 14.0. The lowest BCUT2D eigenvalue weighted by molar-refractivity contribution is 1.27. The maximum atomic E-state index is 4.97. The Balaban J connectivity index is 1.48. The fourth-order valence-corrected chi connectivity index (χ4v) is 4.80. The average Bonchev–Trinajstić information content (AvgIpc) is 2.96. The van der Waals surface area contributed by atoms with Crippen LogP contribution in [0.3, 0.4) is 0 Å². The van der Waals surface area contributed by atoms with Crippen LogP contribution in [0, 0.1) is 0 Å². The van der Waals surface area contributed by atoms with Crippen LogP contribution in [0.1, 0.15) is 18.1 Å². The molecule has 0 aliphatic carbocycles. The average molecular weight is 462 g/mol. The Morgan fingerprint density at radius 3 is 1.39 bits per heavy atom. The number of pyridine rings is 1. The molecule has 12 rings (SSSR count). The van der Waals surface area contributed by atoms with E-state index in [1.54, 1.807) is 0 Å². The van der Waals surface area contributed by atoms with Gasteiger partial charge in [-0.2, -0.15) is 0 Å². The van der Waals surface area contributed by atoms with E-state index in [4.69, 9.17) is 4.98 Å². The molecule has 1 heteroatoms. The zero-order chi connectivity index (χ0) is 24.3. The number of rotatable bonds is 1. The minimum absolute atomic E-state index is 0.893. The minimum Gasteiger partial charge on any atom is -0.248 e. The second kappa shape index (κ2) is 9.64. The lowest BCUT2D eigenvalue weighted by Crippen LogP contribution is -1.89. The van der Waals surface area contributed by atoms with Crippen LogP contribution in [0.15, 0.2) is 133 Å². The highest BCUT2D eigenvalue weighted by Gasteiger charge is 2.07. The fraction of sp³-hybridized carbons (Fsp3) is 0.0571. The summed E-state index contributed by atoms with van der Waals surface area (Å²) in [5.41, 5.74) is 12.8. The number of benzene rings is 4. The molecule has 1 aromatic heterocycles. The van der Waals surface area contributed by atoms with Crippen LogP contribution in [-0.4, -0.2) is 4.98 Å². The summed E-state index contributed by atoms with van der Waals surface area (Å²) in [5, 5.41) is 0. The second-order valence-electron chi connectivity index (χ2n) is 9.20. The largest absolute Gasteiger partial charge is 0.248 e. The molecule has 0 saturated heterocycles. The molecule has 172 valence electrons. The first-order valence-corrected chi connectivity index (χ1v) is 12.5. The van der Waals surface area contributed by atoms with Crippen LogP contribution in [0.5, 0.6) is 0 Å². The standard InChI is InChI=1S/C35H27N/c1-2-4-26-10-7-25-8-11-27(12-9-25)30-17-21-32(22-18-30)34-5-3-6-35(36-34)33-23-19-31(20-24-33)29-15-13-28(26)14-16-29/h2-6,8-24H,7H2,1H3/b4-2-,26-10+. The van der Waals surface area contributed by atoms with Crippen molar-refractivity contribution in [1.29, 1.82) is 0 Å². The maximum Gasteiger partial charge on any atom is 0.0709 e. The summed E-state index contributed by atoms with van der Waals surface area (Å²) in [5.74, 6) is 0. The van der Waals surface area contributed by atoms with Crippen LogP contribution < -0.4 is 0 Å². The van der Waals surface area contributed by atoms with Gasteiger partial charge in [0.15, 0.2) is 0 Å². The minimum atomic E-state index is 0.893. The van der Waals surface area contributed by atoms with Crippen molar-refractivity contribution in [3.8, 4) is 44.8 Å². The van der Waals surface area contributed by atoms with Gasteiger partial charge >= 0.3 is 0 Å². The van der Waals surface area contributed by atoms with E-state index in [1.165, 1.54) is 39.0 Å². The van der Waals surface area contributed by atoms with Gasteiger partial charge in [-0.3, -0.25) is 0 Å². The van der Waals surface area contributed by atoms with Gasteiger partial charge in [-0.25, -0.2) is 4.98 Å². The zero-order valence-corrected chi connectivity index (χ0v) is 20.4. The molecular formula is C35H27N. The van der Waals surface area contributed by atoms with Gasteiger partial charge in [0.1, 0.15) is 0 Å². The molecule has 4 aromatic carbocycles. The zero-order valence-electron chi connectivity index (χ0n) is 20.4. The molecule has 7 aliphatic rings. The van der Waals surface area contributed by atoms with Crippen molar-refractivity contribution in [3.05, 3.63) is 145 Å². The van der Waals surface area contributed by atoms with Crippen LogP contribution >= 0.6 is 0 Å². The molecule has 0 unspecified atom stereocenters. The Hall–Kier alpha value is -4.49. The van der Waals surface area contributed by atoms with Crippen molar-refractivity contribution in [2.24, 2.45) is 0 Å². The van der Waals surface area contributed by atoms with Crippen molar-refractivity contribution in [2.75, 3.05) is 0 Å². The molecular weight excluding hydrogens is 434 g/mol. The van der Waals surface area contributed by atoms with Gasteiger partial charge in [-0.05, 0) is 64.4 Å². The summed E-state index contributed by atoms with van der Waals surface area (Å²) in [4.78, 5) is 4.97. The predicted octanol–water partition coefficient (Wildman–Crippen LogP) is 9.27. The first-order chi connectivity index (χ1) is 17.8. The molecule has 0 fully saturated rings. The van der Waals surface area contributed by atoms with Crippen molar-refractivity contribution in [3.63, 3.8) is 0 Å². The third-order valence-corrected chi connectivity index (χ3v) is 6.85. The van der Waals surface area contributed by atoms with E-state index in [0.29, 0.717) is 0 Å². The predicted molar refractivity (Wildman–Crippen MR) is 152 cm³/mol. The van der Waals surface area contributed by atoms with Crippen molar-refractivity contribution >= 4 is 5.57 Å². The van der Waals surface area contributed by atoms with Crippen molar-refractivity contribution < 1.29 is 0 Å². The summed E-state index contributed by atoms with van der Waals surface area (Å²) >= 11 is 0. The molecule has 0 spiro atoms. The topological polar surface area (TPSA) is 12.9 Å². The number of nitrogens with zero attached hydrogens (tertiary/aromatic N) is 1. The fourth-order valence-electron chi connectivity index (χ4n) is 4.80. The third kappa shape index (κ3) is 4.44. The molecule has 7 aliphatic heterocycles. The molecule has 10 bridgehead atoms. The Bertz CT molecular complexity index is 1550. The molecule has 1 nitrogen and oxygen atoms in total. The monoisotopic (exact) mass is 461 g/mol. The van der Waals surface area contributed by atoms with Crippen molar-refractivity contribution in [2.45, 2.75) is 13.3 Å². The van der Waals surface area contributed by atoms with E-state index in [2.05, 4.69) is 140 Å². The molecule has 0 N–H and O–H groups in total. The van der Waals surface area contributed by atoms with E-state index in [-0.39, 0.29) is 0 Å². The third-order valence-electron chi connectivity index (χ3n) is 6.85. The van der Waals surface area contributed by atoms with Gasteiger partial charge in [0.05, 0.1) is 11.4 Å². The number of hydrogen-bond acceptors (Lipinski definition) is 1. The highest BCUT2D eigenvalue weighted by Crippen LogP contribution is 2.29. The lowest BCUT2D eigenvalue weighted by Gasteiger charge is -2.10. The van der Waals surface area contributed by atoms with E-state index in [9.17, 15) is 0 Å². The highest BCUT2D eigenvalue weighted by molar-refractivity contribution is 5.77. The van der Waals surface area contributed by atoms with Gasteiger partial charge in [-0.1, -0.05) is 121 Å². The Morgan fingerprint density at radius 2 is 0.917 bits per heavy atom. The van der Waals surface area contributed by atoms with Crippen LogP contribution in [0.2, 0.25) is 0 Å². The van der Waals surface area contributed by atoms with Crippen LogP contribution in [-0.2, 0) is 6.42 Å². The van der Waals surface area contributed by atoms with E-state index in [1.807, 2.05) is 0 Å². The number of allylic oxidation sites excluding steroid dienone is 4. The summed E-state index contributed by atoms with van der Waals surface area (Å²) in [6.07, 6.45) is 7.52. The smallest absolute Gasteiger partial charge is 0.0709 e. The van der Waals surface area contributed by atoms with Crippen LogP contribution in [0.4, 0.5) is 0 Å². The van der Waals surface area contributed by atoms with E-state index < -0.39 is 0 Å². The summed E-state index contributed by atoms with van der Waals surface area (Å²) in [6, 6.07) is 41.4. The van der Waals surface area contributed by atoms with Gasteiger partial charge in [0.25, 0.3) is 0 Å². The number of aromatic nitrogens is 1. The Kier molecular flexibility index (Phi) is 5.89. The van der Waals surface area contributed by atoms with Crippen LogP contribution in [0.25, 0.3) is 50.3 Å². The quantitative estimate of drug-likeness (QED) is 0.242. The van der Waals surface area contributed by atoms with Crippen molar-refractivity contribution in [1.82, 2.24) is 4.98 Å². The van der Waals surface area contributed by atoms with E-state index in [0.717, 1.165) is 28.9 Å². The SMILES string of the molecule is C/C=C\C1=C/Cc2ccc(cc2)-c2ccc(cc2)-c2cccc(n2)-c2ccc(cc2)-c2ccc1cc2. The number of hydrogen-bond donors (Lipinski definition) is 0. The first kappa shape index (κ1) is 22.0. The van der Waals surface area contributed by atoms with Gasteiger partial charge < -0.3 is 0 Å². The summed E-state index contributed by atoms with van der Waals surface area (Å²) < 4.78 is 0. The first-order valence-electron chi connectivity index (χ1n) is 12.5. The second-order valence-corrected chi connectivity index (χ2v) is 9.20. The maximum absolute atomic E-state index is 4.97. The molecule has 0 radical (unpaired) electrons. The Morgan fingerprint density at radius 1 is 0.500 bits per heavy atom. The summed E-state index contributed by atoms with van der Waals surface area (Å²) in [6.45, 7) is 2.07. The lowest BCUT2D eigenvalue weighted by atomic mass is 9.96. The van der Waals surface area contributed by atoms with Gasteiger partial charge in [0.2, 0.25) is 0 Å². The molecule has 5 aromatic rings. The Labute approximate surface area is 213 Å². The highest BCUT2D eigenvalue weighted by atomic mass is 14.7. The molecule has 0 atom stereocenters. The molecule has 36 heavy (non-hydrogen) atoms. The van der Waals surface area contributed by atoms with Gasteiger partial charge in [-0.15, -0.1) is 0 Å². The van der Waals surface area contributed by atoms with Gasteiger partial charge in [0, 0.05) is 11.1 Å². The van der Waals surface area contributed by atoms with E-state index >= 15 is 0 Å². The molecule has 0 amide bonds.